The van der Waals surface area contributed by atoms with Crippen LogP contribution in [0.4, 0.5) is 5.69 Å². The van der Waals surface area contributed by atoms with Gasteiger partial charge in [0, 0.05) is 11.7 Å². The van der Waals surface area contributed by atoms with Gasteiger partial charge in [0.05, 0.1) is 11.8 Å². The first kappa shape index (κ1) is 17.0. The van der Waals surface area contributed by atoms with Gasteiger partial charge in [-0.1, -0.05) is 44.7 Å². The topological polar surface area (TPSA) is 58.2 Å². The Morgan fingerprint density at radius 1 is 0.958 bits per heavy atom. The van der Waals surface area contributed by atoms with Gasteiger partial charge >= 0.3 is 0 Å². The summed E-state index contributed by atoms with van der Waals surface area (Å²) in [5.74, 6) is -0.256. The maximum Gasteiger partial charge on any atom is 0.228 e. The molecule has 2 aliphatic rings. The molecule has 0 heterocycles. The summed E-state index contributed by atoms with van der Waals surface area (Å²) in [6.07, 6.45) is 8.78. The molecule has 0 aromatic heterocycles. The third kappa shape index (κ3) is 4.37. The van der Waals surface area contributed by atoms with Crippen LogP contribution in [0.3, 0.4) is 0 Å². The summed E-state index contributed by atoms with van der Waals surface area (Å²) in [6, 6.07) is 8.22. The van der Waals surface area contributed by atoms with Gasteiger partial charge in [0.1, 0.15) is 0 Å². The van der Waals surface area contributed by atoms with Crippen LogP contribution in [0.25, 0.3) is 0 Å². The molecular weight excluding hydrogens is 300 g/mol. The first-order valence-electron chi connectivity index (χ1n) is 9.37. The molecule has 4 heteroatoms. The van der Waals surface area contributed by atoms with E-state index in [0.29, 0.717) is 12.5 Å². The summed E-state index contributed by atoms with van der Waals surface area (Å²) >= 11 is 0. The molecule has 1 aromatic carbocycles. The van der Waals surface area contributed by atoms with E-state index in [4.69, 9.17) is 0 Å². The number of benzene rings is 1. The third-order valence-corrected chi connectivity index (χ3v) is 5.30. The van der Waals surface area contributed by atoms with Gasteiger partial charge in [-0.15, -0.1) is 0 Å². The van der Waals surface area contributed by atoms with E-state index in [-0.39, 0.29) is 23.7 Å². The van der Waals surface area contributed by atoms with Crippen molar-refractivity contribution >= 4 is 17.5 Å². The van der Waals surface area contributed by atoms with Gasteiger partial charge in [-0.05, 0) is 43.4 Å². The molecule has 2 atom stereocenters. The van der Waals surface area contributed by atoms with E-state index in [1.165, 1.54) is 31.2 Å². The number of hydrogen-bond donors (Lipinski definition) is 2. The molecular formula is C20H28N2O2. The highest BCUT2D eigenvalue weighted by molar-refractivity contribution is 5.99. The lowest BCUT2D eigenvalue weighted by Gasteiger charge is -2.16. The zero-order valence-corrected chi connectivity index (χ0v) is 14.5. The Bertz CT molecular complexity index is 574. The zero-order valence-electron chi connectivity index (χ0n) is 14.5. The molecule has 24 heavy (non-hydrogen) atoms. The van der Waals surface area contributed by atoms with Crippen LogP contribution >= 0.6 is 0 Å². The fourth-order valence-corrected chi connectivity index (χ4v) is 3.57. The van der Waals surface area contributed by atoms with E-state index in [1.807, 2.05) is 24.3 Å². The van der Waals surface area contributed by atoms with Crippen molar-refractivity contribution in [1.29, 1.82) is 0 Å². The summed E-state index contributed by atoms with van der Waals surface area (Å²) in [6.45, 7) is 2.11. The molecule has 130 valence electrons. The van der Waals surface area contributed by atoms with Crippen LogP contribution in [0.1, 0.15) is 57.4 Å². The Morgan fingerprint density at radius 2 is 1.58 bits per heavy atom. The van der Waals surface area contributed by atoms with E-state index >= 15 is 0 Å². The number of nitrogens with one attached hydrogen (secondary N) is 2. The average Bonchev–Trinajstić information content (AvgIpc) is 3.40. The van der Waals surface area contributed by atoms with E-state index < -0.39 is 0 Å². The third-order valence-electron chi connectivity index (χ3n) is 5.30. The first-order chi connectivity index (χ1) is 11.7. The number of amides is 2. The second kappa shape index (κ2) is 7.82. The lowest BCUT2D eigenvalue weighted by molar-refractivity contribution is -0.125. The van der Waals surface area contributed by atoms with Crippen molar-refractivity contribution in [2.75, 3.05) is 5.32 Å². The summed E-state index contributed by atoms with van der Waals surface area (Å²) in [7, 11) is 0. The largest absolute Gasteiger partial charge is 0.353 e. The van der Waals surface area contributed by atoms with Crippen LogP contribution in [0, 0.1) is 11.8 Å². The molecule has 0 aliphatic heterocycles. The molecule has 2 saturated carbocycles. The standard InChI is InChI=1S/C20H28N2O2/c1-2-14-9-11-16(12-10-14)22-20(24)18-13-17(18)19(23)21-15-7-5-3-4-6-8-15/h9-12,15,17-18H,2-8,13H2,1H3,(H,21,23)(H,22,24). The second-order valence-electron chi connectivity index (χ2n) is 7.19. The monoisotopic (exact) mass is 328 g/mol. The second-order valence-corrected chi connectivity index (χ2v) is 7.19. The molecule has 2 N–H and O–H groups in total. The van der Waals surface area contributed by atoms with E-state index in [2.05, 4.69) is 17.6 Å². The van der Waals surface area contributed by atoms with Crippen molar-refractivity contribution < 1.29 is 9.59 Å². The van der Waals surface area contributed by atoms with E-state index in [9.17, 15) is 9.59 Å². The van der Waals surface area contributed by atoms with Crippen molar-refractivity contribution in [3.63, 3.8) is 0 Å². The van der Waals surface area contributed by atoms with Crippen LogP contribution in [-0.2, 0) is 16.0 Å². The maximum atomic E-state index is 12.3. The molecule has 3 rings (SSSR count). The summed E-state index contributed by atoms with van der Waals surface area (Å²) < 4.78 is 0. The van der Waals surface area contributed by atoms with Crippen LogP contribution in [0.5, 0.6) is 0 Å². The van der Waals surface area contributed by atoms with Gasteiger partial charge in [-0.2, -0.15) is 0 Å². The average molecular weight is 328 g/mol. The minimum atomic E-state index is -0.165. The fraction of sp³-hybridized carbons (Fsp3) is 0.600. The van der Waals surface area contributed by atoms with E-state index in [0.717, 1.165) is 24.9 Å². The SMILES string of the molecule is CCc1ccc(NC(=O)C2CC2C(=O)NC2CCCCCC2)cc1. The predicted molar refractivity (Wildman–Crippen MR) is 95.7 cm³/mol. The highest BCUT2D eigenvalue weighted by Crippen LogP contribution is 2.39. The van der Waals surface area contributed by atoms with Gasteiger partial charge in [0.15, 0.2) is 0 Å². The highest BCUT2D eigenvalue weighted by Gasteiger charge is 2.48. The quantitative estimate of drug-likeness (QED) is 0.810. The molecule has 2 aliphatic carbocycles. The minimum absolute atomic E-state index is 0.0275. The normalized spacial score (nSPS) is 24.0. The summed E-state index contributed by atoms with van der Waals surface area (Å²) in [4.78, 5) is 24.6. The summed E-state index contributed by atoms with van der Waals surface area (Å²) in [5.41, 5.74) is 2.06. The van der Waals surface area contributed by atoms with Gasteiger partial charge in [0.2, 0.25) is 11.8 Å². The van der Waals surface area contributed by atoms with Crippen molar-refractivity contribution in [3.05, 3.63) is 29.8 Å². The van der Waals surface area contributed by atoms with Crippen LogP contribution < -0.4 is 10.6 Å². The zero-order chi connectivity index (χ0) is 16.9. The van der Waals surface area contributed by atoms with Crippen LogP contribution in [-0.4, -0.2) is 17.9 Å². The molecule has 2 unspecified atom stereocenters. The molecule has 0 spiro atoms. The van der Waals surface area contributed by atoms with Crippen molar-refractivity contribution in [2.45, 2.75) is 64.3 Å². The van der Waals surface area contributed by atoms with Crippen molar-refractivity contribution in [2.24, 2.45) is 11.8 Å². The smallest absolute Gasteiger partial charge is 0.228 e. The molecule has 0 saturated heterocycles. The van der Waals surface area contributed by atoms with Gasteiger partial charge in [0.25, 0.3) is 0 Å². The van der Waals surface area contributed by atoms with E-state index in [1.54, 1.807) is 0 Å². The Morgan fingerprint density at radius 3 is 2.21 bits per heavy atom. The molecule has 4 nitrogen and oxygen atoms in total. The Kier molecular flexibility index (Phi) is 5.54. The van der Waals surface area contributed by atoms with Crippen molar-refractivity contribution in [3.8, 4) is 0 Å². The maximum absolute atomic E-state index is 12.3. The number of anilines is 1. The van der Waals surface area contributed by atoms with Crippen molar-refractivity contribution in [1.82, 2.24) is 5.32 Å². The lowest BCUT2D eigenvalue weighted by atomic mass is 10.1. The molecule has 0 bridgehead atoms. The fourth-order valence-electron chi connectivity index (χ4n) is 3.57. The predicted octanol–water partition coefficient (Wildman–Crippen LogP) is 3.66. The number of carbonyl (C=O) groups excluding carboxylic acids is 2. The number of aryl methyl sites for hydroxylation is 1. The molecule has 2 amide bonds. The minimum Gasteiger partial charge on any atom is -0.353 e. The van der Waals surface area contributed by atoms with Crippen LogP contribution in [0.15, 0.2) is 24.3 Å². The number of hydrogen-bond acceptors (Lipinski definition) is 2. The highest BCUT2D eigenvalue weighted by atomic mass is 16.2. The van der Waals surface area contributed by atoms with Gasteiger partial charge in [-0.3, -0.25) is 9.59 Å². The summed E-state index contributed by atoms with van der Waals surface area (Å²) in [5, 5.41) is 6.10. The first-order valence-corrected chi connectivity index (χ1v) is 9.37. The van der Waals surface area contributed by atoms with Gasteiger partial charge < -0.3 is 10.6 Å². The van der Waals surface area contributed by atoms with Gasteiger partial charge in [-0.25, -0.2) is 0 Å². The Hall–Kier alpha value is -1.84. The number of rotatable bonds is 5. The molecule has 1 aromatic rings. The number of carbonyl (C=O) groups is 2. The van der Waals surface area contributed by atoms with Crippen LogP contribution in [0.2, 0.25) is 0 Å². The Balaban J connectivity index is 1.46. The Labute approximate surface area is 144 Å². The lowest BCUT2D eigenvalue weighted by Crippen LogP contribution is -2.36. The molecule has 2 fully saturated rings. The molecule has 0 radical (unpaired) electrons.